The van der Waals surface area contributed by atoms with Crippen LogP contribution in [-0.2, 0) is 0 Å². The van der Waals surface area contributed by atoms with Gasteiger partial charge in [-0.25, -0.2) is 4.39 Å². The summed E-state index contributed by atoms with van der Waals surface area (Å²) < 4.78 is 13.6. The summed E-state index contributed by atoms with van der Waals surface area (Å²) in [6, 6.07) is 21.9. The van der Waals surface area contributed by atoms with Crippen molar-refractivity contribution in [2.24, 2.45) is 0 Å². The molecule has 1 aliphatic carbocycles. The van der Waals surface area contributed by atoms with Gasteiger partial charge in [-0.3, -0.25) is 5.41 Å². The maximum Gasteiger partial charge on any atom is 0.123 e. The first-order valence-electron chi connectivity index (χ1n) is 12.9. The molecule has 2 aliphatic rings. The standard InChI is InChI=1S/C31H35FN4/c1-21-7-4-5-10-30(21)36(28-12-13-28)23(3)35-17-15-26(16-18-35)34-27-11-14-29(22(2)19-27)31(33)24-8-6-9-25(32)20-24/h4-11,14,19-20,26,28,33-34H,3,12-13,15-18H2,1-2H3. The first kappa shape index (κ1) is 24.1. The van der Waals surface area contributed by atoms with Gasteiger partial charge >= 0.3 is 0 Å². The SMILES string of the molecule is C=C(N1CCC(Nc2ccc(C(=N)c3cccc(F)c3)c(C)c2)CC1)N(c1ccccc1C)C1CC1. The van der Waals surface area contributed by atoms with E-state index in [4.69, 9.17) is 5.41 Å². The molecule has 36 heavy (non-hydrogen) atoms. The van der Waals surface area contributed by atoms with Gasteiger partial charge in [-0.05, 0) is 81.0 Å². The lowest BCUT2D eigenvalue weighted by Crippen LogP contribution is -2.43. The summed E-state index contributed by atoms with van der Waals surface area (Å²) in [5.41, 5.74) is 6.43. The maximum atomic E-state index is 13.6. The van der Waals surface area contributed by atoms with Crippen molar-refractivity contribution >= 4 is 17.1 Å². The first-order valence-corrected chi connectivity index (χ1v) is 12.9. The molecule has 186 valence electrons. The van der Waals surface area contributed by atoms with Crippen LogP contribution < -0.4 is 10.2 Å². The molecular weight excluding hydrogens is 447 g/mol. The highest BCUT2D eigenvalue weighted by atomic mass is 19.1. The Kier molecular flexibility index (Phi) is 6.82. The van der Waals surface area contributed by atoms with Crippen LogP contribution in [0.3, 0.4) is 0 Å². The Morgan fingerprint density at radius 2 is 1.69 bits per heavy atom. The Bertz CT molecular complexity index is 1270. The molecule has 0 atom stereocenters. The van der Waals surface area contributed by atoms with Crippen molar-refractivity contribution in [3.05, 3.63) is 107 Å². The zero-order valence-corrected chi connectivity index (χ0v) is 21.2. The number of hydrogen-bond acceptors (Lipinski definition) is 4. The number of likely N-dealkylation sites (tertiary alicyclic amines) is 1. The summed E-state index contributed by atoms with van der Waals surface area (Å²) in [5, 5.41) is 12.2. The number of anilines is 2. The summed E-state index contributed by atoms with van der Waals surface area (Å²) in [6.07, 6.45) is 4.56. The van der Waals surface area contributed by atoms with E-state index in [9.17, 15) is 4.39 Å². The minimum absolute atomic E-state index is 0.318. The Hall–Kier alpha value is -3.60. The Labute approximate surface area is 214 Å². The molecule has 5 rings (SSSR count). The Balaban J connectivity index is 1.20. The second-order valence-corrected chi connectivity index (χ2v) is 10.1. The third kappa shape index (κ3) is 5.15. The van der Waals surface area contributed by atoms with Gasteiger partial charge in [0.1, 0.15) is 11.6 Å². The van der Waals surface area contributed by atoms with E-state index in [1.54, 1.807) is 12.1 Å². The number of aryl methyl sites for hydroxylation is 2. The Morgan fingerprint density at radius 1 is 0.944 bits per heavy atom. The molecule has 2 fully saturated rings. The van der Waals surface area contributed by atoms with Crippen LogP contribution in [0.5, 0.6) is 0 Å². The smallest absolute Gasteiger partial charge is 0.123 e. The minimum atomic E-state index is -0.318. The van der Waals surface area contributed by atoms with Gasteiger partial charge in [-0.1, -0.05) is 43.0 Å². The summed E-state index contributed by atoms with van der Waals surface area (Å²) in [5.74, 6) is 0.808. The highest BCUT2D eigenvalue weighted by Gasteiger charge is 2.34. The fourth-order valence-electron chi connectivity index (χ4n) is 5.22. The van der Waals surface area contributed by atoms with Crippen molar-refractivity contribution in [3.63, 3.8) is 0 Å². The summed E-state index contributed by atoms with van der Waals surface area (Å²) in [6.45, 7) is 10.7. The molecule has 3 aromatic rings. The predicted octanol–water partition coefficient (Wildman–Crippen LogP) is 6.88. The van der Waals surface area contributed by atoms with Gasteiger partial charge in [0.05, 0.1) is 5.71 Å². The van der Waals surface area contributed by atoms with E-state index in [2.05, 4.69) is 59.0 Å². The molecule has 2 N–H and O–H groups in total. The van der Waals surface area contributed by atoms with Gasteiger partial charge in [-0.15, -0.1) is 0 Å². The van der Waals surface area contributed by atoms with Crippen molar-refractivity contribution in [2.45, 2.75) is 51.6 Å². The van der Waals surface area contributed by atoms with Crippen LogP contribution in [0, 0.1) is 25.1 Å². The van der Waals surface area contributed by atoms with E-state index in [0.717, 1.165) is 48.6 Å². The van der Waals surface area contributed by atoms with Crippen LogP contribution in [0.25, 0.3) is 0 Å². The maximum absolute atomic E-state index is 13.6. The molecule has 0 amide bonds. The molecule has 1 saturated heterocycles. The molecule has 0 aromatic heterocycles. The van der Waals surface area contributed by atoms with E-state index in [-0.39, 0.29) is 5.82 Å². The third-order valence-corrected chi connectivity index (χ3v) is 7.40. The van der Waals surface area contributed by atoms with Gasteiger partial charge in [0.25, 0.3) is 0 Å². The number of halogens is 1. The van der Waals surface area contributed by atoms with Crippen molar-refractivity contribution in [1.29, 1.82) is 5.41 Å². The van der Waals surface area contributed by atoms with E-state index in [0.29, 0.717) is 23.4 Å². The van der Waals surface area contributed by atoms with Crippen LogP contribution in [0.15, 0.2) is 79.1 Å². The van der Waals surface area contributed by atoms with Crippen LogP contribution in [-0.4, -0.2) is 35.8 Å². The van der Waals surface area contributed by atoms with Crippen molar-refractivity contribution in [2.75, 3.05) is 23.3 Å². The predicted molar refractivity (Wildman–Crippen MR) is 148 cm³/mol. The molecule has 0 unspecified atom stereocenters. The van der Waals surface area contributed by atoms with Gasteiger partial charge in [0, 0.05) is 47.7 Å². The van der Waals surface area contributed by atoms with Crippen molar-refractivity contribution in [1.82, 2.24) is 4.90 Å². The monoisotopic (exact) mass is 482 g/mol. The van der Waals surface area contributed by atoms with E-state index in [1.807, 2.05) is 19.1 Å². The number of nitrogens with one attached hydrogen (secondary N) is 2. The van der Waals surface area contributed by atoms with E-state index >= 15 is 0 Å². The Morgan fingerprint density at radius 3 is 2.36 bits per heavy atom. The second-order valence-electron chi connectivity index (χ2n) is 10.1. The molecular formula is C31H35FN4. The van der Waals surface area contributed by atoms with E-state index < -0.39 is 0 Å². The number of para-hydroxylation sites is 1. The number of hydrogen-bond donors (Lipinski definition) is 2. The largest absolute Gasteiger partial charge is 0.382 e. The molecule has 1 heterocycles. The molecule has 0 spiro atoms. The van der Waals surface area contributed by atoms with Crippen LogP contribution in [0.4, 0.5) is 15.8 Å². The highest BCUT2D eigenvalue weighted by Crippen LogP contribution is 2.37. The number of nitrogens with zero attached hydrogens (tertiary/aromatic N) is 2. The average Bonchev–Trinajstić information content (AvgIpc) is 3.71. The minimum Gasteiger partial charge on any atom is -0.382 e. The average molecular weight is 483 g/mol. The number of benzene rings is 3. The molecule has 4 nitrogen and oxygen atoms in total. The lowest BCUT2D eigenvalue weighted by atomic mass is 9.97. The fourth-order valence-corrected chi connectivity index (χ4v) is 5.22. The lowest BCUT2D eigenvalue weighted by Gasteiger charge is -2.40. The normalized spacial score (nSPS) is 16.0. The zero-order chi connectivity index (χ0) is 25.2. The van der Waals surface area contributed by atoms with E-state index in [1.165, 1.54) is 36.2 Å². The quantitative estimate of drug-likeness (QED) is 0.344. The van der Waals surface area contributed by atoms with Gasteiger partial charge in [-0.2, -0.15) is 0 Å². The second kappa shape index (κ2) is 10.2. The van der Waals surface area contributed by atoms with Gasteiger partial charge < -0.3 is 15.1 Å². The van der Waals surface area contributed by atoms with Crippen molar-refractivity contribution in [3.8, 4) is 0 Å². The van der Waals surface area contributed by atoms with Gasteiger partial charge in [0.2, 0.25) is 0 Å². The fraction of sp³-hybridized carbons (Fsp3) is 0.323. The highest BCUT2D eigenvalue weighted by molar-refractivity contribution is 6.11. The summed E-state index contributed by atoms with van der Waals surface area (Å²) in [4.78, 5) is 4.90. The molecule has 1 saturated carbocycles. The molecule has 0 radical (unpaired) electrons. The van der Waals surface area contributed by atoms with Crippen LogP contribution in [0.1, 0.15) is 47.9 Å². The molecule has 3 aromatic carbocycles. The summed E-state index contributed by atoms with van der Waals surface area (Å²) >= 11 is 0. The lowest BCUT2D eigenvalue weighted by molar-refractivity contribution is 0.265. The first-order chi connectivity index (χ1) is 17.4. The van der Waals surface area contributed by atoms with Crippen LogP contribution >= 0.6 is 0 Å². The zero-order valence-electron chi connectivity index (χ0n) is 21.2. The topological polar surface area (TPSA) is 42.4 Å². The molecule has 5 heteroatoms. The van der Waals surface area contributed by atoms with Crippen molar-refractivity contribution < 1.29 is 4.39 Å². The van der Waals surface area contributed by atoms with Crippen LogP contribution in [0.2, 0.25) is 0 Å². The number of piperidine rings is 1. The number of rotatable bonds is 8. The molecule has 0 bridgehead atoms. The molecule has 1 aliphatic heterocycles. The summed E-state index contributed by atoms with van der Waals surface area (Å²) in [7, 11) is 0. The third-order valence-electron chi connectivity index (χ3n) is 7.40. The van der Waals surface area contributed by atoms with Gasteiger partial charge in [0.15, 0.2) is 0 Å².